The van der Waals surface area contributed by atoms with Crippen LogP contribution < -0.4 is 11.1 Å². The summed E-state index contributed by atoms with van der Waals surface area (Å²) in [5.74, 6) is 7.86. The fraction of sp³-hybridized carbons (Fsp3) is 0.385. The number of nitrogens with one attached hydrogen (secondary N) is 1. The maximum absolute atomic E-state index is 15.3. The molecular formula is C26H26F2N7O3Si. The number of amides is 2. The highest BCUT2D eigenvalue weighted by molar-refractivity contribution is 6.59. The Morgan fingerprint density at radius 3 is 2.72 bits per heavy atom. The molecule has 1 aromatic carbocycles. The van der Waals surface area contributed by atoms with Crippen molar-refractivity contribution in [2.75, 3.05) is 32.2 Å². The van der Waals surface area contributed by atoms with Crippen LogP contribution in [0.25, 0.3) is 11.0 Å². The van der Waals surface area contributed by atoms with Gasteiger partial charge in [-0.25, -0.2) is 13.8 Å². The van der Waals surface area contributed by atoms with Gasteiger partial charge in [0.1, 0.15) is 28.4 Å². The molecule has 3 aromatic rings. The average molecular weight is 551 g/mol. The van der Waals surface area contributed by atoms with E-state index < -0.39 is 32.1 Å². The van der Waals surface area contributed by atoms with E-state index in [0.29, 0.717) is 30.2 Å². The third-order valence-corrected chi connectivity index (χ3v) is 9.36. The Morgan fingerprint density at radius 2 is 2.08 bits per heavy atom. The molecule has 0 spiro atoms. The molecule has 2 aliphatic rings. The van der Waals surface area contributed by atoms with E-state index in [1.54, 1.807) is 34.9 Å². The summed E-state index contributed by atoms with van der Waals surface area (Å²) in [4.78, 5) is 30.8. The number of fused-ring (bicyclic) bond motifs is 1. The number of nitrogens with two attached hydrogens (primary N) is 1. The zero-order chi connectivity index (χ0) is 27.8. The fourth-order valence-corrected chi connectivity index (χ4v) is 7.75. The van der Waals surface area contributed by atoms with Crippen LogP contribution in [-0.2, 0) is 9.53 Å². The van der Waals surface area contributed by atoms with Gasteiger partial charge in [0.2, 0.25) is 8.96 Å². The van der Waals surface area contributed by atoms with E-state index >= 15 is 8.78 Å². The number of hydrogen-bond donors (Lipinski definition) is 2. The van der Waals surface area contributed by atoms with Gasteiger partial charge < -0.3 is 25.3 Å². The van der Waals surface area contributed by atoms with Gasteiger partial charge in [-0.3, -0.25) is 13.9 Å². The Bertz CT molecular complexity index is 1610. The van der Waals surface area contributed by atoms with Gasteiger partial charge in [-0.05, 0) is 37.7 Å². The minimum absolute atomic E-state index is 0.00354. The number of rotatable bonds is 6. The molecule has 1 atom stereocenters. The molecule has 1 aliphatic heterocycles. The number of hydrogen-bond acceptors (Lipinski definition) is 6. The molecule has 3 heterocycles. The summed E-state index contributed by atoms with van der Waals surface area (Å²) < 4.78 is 39.0. The molecule has 0 bridgehead atoms. The molecule has 1 saturated carbocycles. The van der Waals surface area contributed by atoms with Gasteiger partial charge in [0.05, 0.1) is 30.1 Å². The van der Waals surface area contributed by atoms with Gasteiger partial charge in [0.25, 0.3) is 11.8 Å². The normalized spacial score (nSPS) is 17.1. The first kappa shape index (κ1) is 26.4. The molecule has 0 unspecified atom stereocenters. The second-order valence-electron chi connectivity index (χ2n) is 9.33. The highest BCUT2D eigenvalue weighted by atomic mass is 28.3. The quantitative estimate of drug-likeness (QED) is 0.356. The van der Waals surface area contributed by atoms with Gasteiger partial charge in [-0.1, -0.05) is 11.8 Å². The second kappa shape index (κ2) is 10.5. The predicted molar refractivity (Wildman–Crippen MR) is 141 cm³/mol. The summed E-state index contributed by atoms with van der Waals surface area (Å²) in [6.45, 7) is 1.90. The van der Waals surface area contributed by atoms with Crippen LogP contribution in [0.1, 0.15) is 47.4 Å². The smallest absolute Gasteiger partial charge is 0.298 e. The van der Waals surface area contributed by atoms with E-state index in [9.17, 15) is 9.59 Å². The van der Waals surface area contributed by atoms with Crippen molar-refractivity contribution in [3.05, 3.63) is 40.8 Å². The van der Waals surface area contributed by atoms with Gasteiger partial charge >= 0.3 is 0 Å². The number of ether oxygens (including phenoxy) is 1. The van der Waals surface area contributed by atoms with Crippen molar-refractivity contribution < 1.29 is 23.1 Å². The number of imidazole rings is 1. The lowest BCUT2D eigenvalue weighted by Gasteiger charge is -2.21. The first-order valence-electron chi connectivity index (χ1n) is 12.3. The Balaban J connectivity index is 1.54. The molecule has 1 radical (unpaired) electrons. The summed E-state index contributed by atoms with van der Waals surface area (Å²) >= 11 is 0. The number of halogens is 2. The molecule has 201 valence electrons. The Hall–Kier alpha value is -4.20. The largest absolute Gasteiger partial charge is 0.383 e. The summed E-state index contributed by atoms with van der Waals surface area (Å²) in [7, 11) is 1.55. The monoisotopic (exact) mass is 550 g/mol. The van der Waals surface area contributed by atoms with Gasteiger partial charge in [-0.2, -0.15) is 5.10 Å². The topological polar surface area (TPSA) is 120 Å². The molecular weight excluding hydrogens is 524 g/mol. The van der Waals surface area contributed by atoms with E-state index in [4.69, 9.17) is 10.5 Å². The Labute approximate surface area is 225 Å². The van der Waals surface area contributed by atoms with E-state index in [-0.39, 0.29) is 34.8 Å². The van der Waals surface area contributed by atoms with E-state index in [2.05, 4.69) is 39.1 Å². The highest BCUT2D eigenvalue weighted by Crippen LogP contribution is 2.38. The second-order valence-corrected chi connectivity index (χ2v) is 11.6. The number of anilines is 1. The number of methoxy groups -OCH3 is 1. The zero-order valence-electron chi connectivity index (χ0n) is 21.6. The lowest BCUT2D eigenvalue weighted by Crippen LogP contribution is -2.38. The van der Waals surface area contributed by atoms with Gasteiger partial charge in [0, 0.05) is 32.4 Å². The molecule has 5 rings (SSSR count). The number of carbonyl (C=O) groups excluding carboxylic acids is 2. The van der Waals surface area contributed by atoms with Crippen molar-refractivity contribution in [3.8, 4) is 23.7 Å². The Morgan fingerprint density at radius 1 is 1.31 bits per heavy atom. The molecule has 2 fully saturated rings. The number of benzene rings is 1. The lowest BCUT2D eigenvalue weighted by atomic mass is 10.1. The minimum atomic E-state index is -1.61. The predicted octanol–water partition coefficient (Wildman–Crippen LogP) is 1.65. The Kier molecular flexibility index (Phi) is 7.12. The number of carbonyl (C=O) groups is 2. The molecule has 39 heavy (non-hydrogen) atoms. The lowest BCUT2D eigenvalue weighted by molar-refractivity contribution is -0.126. The molecule has 3 N–H and O–H groups in total. The SMILES string of the molecule is CC#CC(=O)N1C[Si](n2nc(C#Cc3c(F)cc4c(ncn4C4CC4)c3F)c(C(N)=O)c2NC)C[C@@H]1COC. The first-order valence-corrected chi connectivity index (χ1v) is 14.2. The third-order valence-electron chi connectivity index (χ3n) is 6.79. The summed E-state index contributed by atoms with van der Waals surface area (Å²) in [6.07, 6.45) is 3.75. The van der Waals surface area contributed by atoms with Crippen molar-refractivity contribution in [1.29, 1.82) is 0 Å². The average Bonchev–Trinajstić information content (AvgIpc) is 3.34. The number of primary amides is 1. The van der Waals surface area contributed by atoms with E-state index in [1.165, 1.54) is 12.4 Å². The van der Waals surface area contributed by atoms with Crippen LogP contribution in [0.15, 0.2) is 12.4 Å². The molecule has 13 heteroatoms. The zero-order valence-corrected chi connectivity index (χ0v) is 22.6. The summed E-state index contributed by atoms with van der Waals surface area (Å²) in [6, 6.07) is 1.78. The van der Waals surface area contributed by atoms with E-state index in [0.717, 1.165) is 12.8 Å². The highest BCUT2D eigenvalue weighted by Gasteiger charge is 2.40. The fourth-order valence-electron chi connectivity index (χ4n) is 4.86. The van der Waals surface area contributed by atoms with Crippen LogP contribution in [0.2, 0.25) is 6.04 Å². The van der Waals surface area contributed by atoms with Crippen LogP contribution >= 0.6 is 0 Å². The third kappa shape index (κ3) is 4.75. The van der Waals surface area contributed by atoms with Crippen molar-refractivity contribution in [2.45, 2.75) is 37.9 Å². The van der Waals surface area contributed by atoms with Crippen LogP contribution in [0.5, 0.6) is 0 Å². The molecule has 1 aliphatic carbocycles. The minimum Gasteiger partial charge on any atom is -0.383 e. The van der Waals surface area contributed by atoms with Gasteiger partial charge in [0.15, 0.2) is 5.82 Å². The molecule has 1 saturated heterocycles. The van der Waals surface area contributed by atoms with Crippen LogP contribution in [0, 0.1) is 35.3 Å². The van der Waals surface area contributed by atoms with Crippen molar-refractivity contribution >= 4 is 37.6 Å². The van der Waals surface area contributed by atoms with E-state index in [1.807, 2.05) is 0 Å². The molecule has 10 nitrogen and oxygen atoms in total. The maximum atomic E-state index is 15.3. The van der Waals surface area contributed by atoms with Crippen LogP contribution in [0.3, 0.4) is 0 Å². The van der Waals surface area contributed by atoms with Gasteiger partial charge in [-0.15, -0.1) is 0 Å². The molecule has 2 aromatic heterocycles. The summed E-state index contributed by atoms with van der Waals surface area (Å²) in [5, 5.41) is 7.49. The van der Waals surface area contributed by atoms with Crippen LogP contribution in [-0.4, -0.2) is 77.6 Å². The number of aromatic nitrogens is 4. The number of nitrogens with zero attached hydrogens (tertiary/aromatic N) is 5. The first-order chi connectivity index (χ1) is 18.8. The van der Waals surface area contributed by atoms with Crippen LogP contribution in [0.4, 0.5) is 14.6 Å². The standard InChI is InChI=1S/C26H26F2N7O3Si/c1-4-5-21(36)34-14-39(12-16(34)11-38-3)35-26(30-2)22(25(29)37)19(32-35)9-8-17-18(27)10-20-24(23(17)28)31-13-33(20)15-6-7-15/h10,13,15-16,30H,6-7,11-12,14H2,1-3H3,(H2,29,37)/t16-/m0/s1. The van der Waals surface area contributed by atoms with Crippen molar-refractivity contribution in [2.24, 2.45) is 5.73 Å². The van der Waals surface area contributed by atoms with Crippen molar-refractivity contribution in [1.82, 2.24) is 23.9 Å². The molecule has 2 amide bonds. The van der Waals surface area contributed by atoms with Crippen molar-refractivity contribution in [3.63, 3.8) is 0 Å². The maximum Gasteiger partial charge on any atom is 0.298 e. The summed E-state index contributed by atoms with van der Waals surface area (Å²) in [5.41, 5.74) is 5.60.